The Morgan fingerprint density at radius 2 is 0.913 bits per heavy atom. The van der Waals surface area contributed by atoms with Gasteiger partial charge >= 0.3 is 0 Å². The first-order valence-corrected chi connectivity index (χ1v) is 9.07. The molecule has 4 rings (SSSR count). The van der Waals surface area contributed by atoms with Gasteiger partial charge in [-0.15, -0.1) is 0 Å². The molecule has 0 nitrogen and oxygen atoms in total. The molecule has 0 saturated heterocycles. The Morgan fingerprint density at radius 3 is 1.30 bits per heavy atom. The maximum atomic E-state index is 3.56. The average Bonchev–Trinajstić information content (AvgIpc) is 2.74. The minimum atomic E-state index is 0.980. The maximum Gasteiger partial charge on any atom is 0.00662 e. The maximum absolute atomic E-state index is 3.56. The summed E-state index contributed by atoms with van der Waals surface area (Å²) in [6.45, 7) is 0. The van der Waals surface area contributed by atoms with Crippen LogP contribution in [0.2, 0.25) is 0 Å². The van der Waals surface area contributed by atoms with E-state index in [1.54, 1.807) is 0 Å². The fourth-order valence-electron chi connectivity index (χ4n) is 3.42. The third kappa shape index (κ3) is 2.46. The van der Waals surface area contributed by atoms with Crippen molar-refractivity contribution >= 4 is 21.5 Å². The summed E-state index contributed by atoms with van der Waals surface area (Å²) in [4.78, 5) is 0. The molecule has 1 heteroatoms. The molecule has 3 aromatic rings. The van der Waals surface area contributed by atoms with Crippen LogP contribution >= 0.6 is 15.9 Å². The van der Waals surface area contributed by atoms with Crippen molar-refractivity contribution in [1.82, 2.24) is 0 Å². The molecule has 3 aromatic carbocycles. The smallest absolute Gasteiger partial charge is 0.00662 e. The standard InChI is InChI=1S/C22H17Br/c23-15-7-14-22-20-12-5-3-10-18(20)16-8-1-2-9-17(16)19-11-4-6-13-21(19)22/h1-6,8-14H,7,15H2. The highest BCUT2D eigenvalue weighted by Gasteiger charge is 2.21. The summed E-state index contributed by atoms with van der Waals surface area (Å²) in [6, 6.07) is 26.2. The lowest BCUT2D eigenvalue weighted by atomic mass is 9.92. The van der Waals surface area contributed by atoms with Crippen LogP contribution < -0.4 is 0 Å². The summed E-state index contributed by atoms with van der Waals surface area (Å²) in [5, 5.41) is 0.980. The van der Waals surface area contributed by atoms with Gasteiger partial charge in [-0.3, -0.25) is 0 Å². The molecule has 0 spiro atoms. The van der Waals surface area contributed by atoms with Gasteiger partial charge in [-0.25, -0.2) is 0 Å². The first-order valence-electron chi connectivity index (χ1n) is 7.95. The third-order valence-electron chi connectivity index (χ3n) is 4.40. The molecule has 0 heterocycles. The van der Waals surface area contributed by atoms with Gasteiger partial charge in [-0.2, -0.15) is 0 Å². The lowest BCUT2D eigenvalue weighted by Gasteiger charge is -2.12. The van der Waals surface area contributed by atoms with Crippen molar-refractivity contribution in [2.75, 3.05) is 5.33 Å². The van der Waals surface area contributed by atoms with E-state index in [0.29, 0.717) is 0 Å². The zero-order valence-corrected chi connectivity index (χ0v) is 14.4. The second kappa shape index (κ2) is 6.17. The van der Waals surface area contributed by atoms with E-state index in [4.69, 9.17) is 0 Å². The van der Waals surface area contributed by atoms with Crippen LogP contribution in [-0.4, -0.2) is 5.33 Å². The van der Waals surface area contributed by atoms with Crippen LogP contribution in [0.4, 0.5) is 0 Å². The van der Waals surface area contributed by atoms with Crippen LogP contribution in [0.5, 0.6) is 0 Å². The van der Waals surface area contributed by atoms with Gasteiger partial charge in [-0.05, 0) is 45.4 Å². The van der Waals surface area contributed by atoms with E-state index in [0.717, 1.165) is 11.8 Å². The van der Waals surface area contributed by atoms with E-state index < -0.39 is 0 Å². The van der Waals surface area contributed by atoms with Gasteiger partial charge in [0.15, 0.2) is 0 Å². The molecule has 0 amide bonds. The Kier molecular flexibility index (Phi) is 3.88. The summed E-state index contributed by atoms with van der Waals surface area (Å²) in [7, 11) is 0. The molecular weight excluding hydrogens is 344 g/mol. The summed E-state index contributed by atoms with van der Waals surface area (Å²) < 4.78 is 0. The quantitative estimate of drug-likeness (QED) is 0.355. The topological polar surface area (TPSA) is 0 Å². The molecule has 0 aromatic heterocycles. The Labute approximate surface area is 145 Å². The van der Waals surface area contributed by atoms with Crippen molar-refractivity contribution in [3.63, 3.8) is 0 Å². The van der Waals surface area contributed by atoms with Crippen molar-refractivity contribution in [3.8, 4) is 22.3 Å². The second-order valence-electron chi connectivity index (χ2n) is 5.73. The lowest BCUT2D eigenvalue weighted by Crippen LogP contribution is -1.90. The highest BCUT2D eigenvalue weighted by molar-refractivity contribution is 9.09. The molecule has 1 aliphatic rings. The molecule has 0 bridgehead atoms. The van der Waals surface area contributed by atoms with Crippen molar-refractivity contribution in [2.45, 2.75) is 6.42 Å². The summed E-state index contributed by atoms with van der Waals surface area (Å²) in [5.74, 6) is 0. The molecule has 0 saturated carbocycles. The predicted octanol–water partition coefficient (Wildman–Crippen LogP) is 6.55. The average molecular weight is 361 g/mol. The normalized spacial score (nSPS) is 12.0. The van der Waals surface area contributed by atoms with Crippen LogP contribution in [-0.2, 0) is 0 Å². The molecule has 0 N–H and O–H groups in total. The SMILES string of the molecule is BrCCC=C1c2ccccc2-c2ccccc2-c2ccccc21. The molecule has 0 unspecified atom stereocenters. The second-order valence-corrected chi connectivity index (χ2v) is 6.53. The number of allylic oxidation sites excluding steroid dienone is 1. The number of alkyl halides is 1. The van der Waals surface area contributed by atoms with Gasteiger partial charge in [-0.1, -0.05) is 94.8 Å². The number of fused-ring (bicyclic) bond motifs is 5. The van der Waals surface area contributed by atoms with Crippen molar-refractivity contribution in [2.24, 2.45) is 0 Å². The van der Waals surface area contributed by atoms with E-state index in [2.05, 4.69) is 94.8 Å². The fraction of sp³-hybridized carbons (Fsp3) is 0.0909. The fourth-order valence-corrected chi connectivity index (χ4v) is 3.65. The van der Waals surface area contributed by atoms with E-state index in [9.17, 15) is 0 Å². The zero-order valence-electron chi connectivity index (χ0n) is 12.8. The highest BCUT2D eigenvalue weighted by atomic mass is 79.9. The predicted molar refractivity (Wildman–Crippen MR) is 103 cm³/mol. The van der Waals surface area contributed by atoms with Crippen LogP contribution in [0.1, 0.15) is 17.5 Å². The van der Waals surface area contributed by atoms with E-state index in [1.165, 1.54) is 39.0 Å². The van der Waals surface area contributed by atoms with Gasteiger partial charge in [0.05, 0.1) is 0 Å². The van der Waals surface area contributed by atoms with Crippen LogP contribution in [0.3, 0.4) is 0 Å². The Balaban J connectivity index is 2.12. The minimum Gasteiger partial charge on any atom is -0.0925 e. The van der Waals surface area contributed by atoms with E-state index >= 15 is 0 Å². The molecule has 1 aliphatic carbocycles. The first-order chi connectivity index (χ1) is 11.4. The van der Waals surface area contributed by atoms with Crippen LogP contribution in [0.25, 0.3) is 27.8 Å². The molecule has 0 atom stereocenters. The summed E-state index contributed by atoms with van der Waals surface area (Å²) >= 11 is 3.56. The van der Waals surface area contributed by atoms with Gasteiger partial charge in [0, 0.05) is 5.33 Å². The molecule has 23 heavy (non-hydrogen) atoms. The van der Waals surface area contributed by atoms with Gasteiger partial charge in [0.1, 0.15) is 0 Å². The highest BCUT2D eigenvalue weighted by Crippen LogP contribution is 2.45. The van der Waals surface area contributed by atoms with Crippen molar-refractivity contribution < 1.29 is 0 Å². The molecular formula is C22H17Br. The van der Waals surface area contributed by atoms with Gasteiger partial charge in [0.25, 0.3) is 0 Å². The largest absolute Gasteiger partial charge is 0.0925 e. The molecule has 0 fully saturated rings. The molecule has 0 radical (unpaired) electrons. The number of benzene rings is 3. The molecule has 0 aliphatic heterocycles. The first kappa shape index (κ1) is 14.5. The Morgan fingerprint density at radius 1 is 0.565 bits per heavy atom. The van der Waals surface area contributed by atoms with E-state index in [-0.39, 0.29) is 0 Å². The van der Waals surface area contributed by atoms with E-state index in [1.807, 2.05) is 0 Å². The number of rotatable bonds is 2. The van der Waals surface area contributed by atoms with Crippen LogP contribution in [0, 0.1) is 0 Å². The Hall–Kier alpha value is -2.12. The Bertz CT molecular complexity index is 821. The lowest BCUT2D eigenvalue weighted by molar-refractivity contribution is 1.26. The van der Waals surface area contributed by atoms with Crippen molar-refractivity contribution in [3.05, 3.63) is 90.0 Å². The molecule has 112 valence electrons. The zero-order chi connectivity index (χ0) is 15.6. The minimum absolute atomic E-state index is 0.980. The number of hydrogen-bond acceptors (Lipinski definition) is 0. The summed E-state index contributed by atoms with van der Waals surface area (Å²) in [5.41, 5.74) is 9.26. The number of hydrogen-bond donors (Lipinski definition) is 0. The summed E-state index contributed by atoms with van der Waals surface area (Å²) in [6.07, 6.45) is 3.38. The van der Waals surface area contributed by atoms with Crippen molar-refractivity contribution in [1.29, 1.82) is 0 Å². The van der Waals surface area contributed by atoms with Gasteiger partial charge < -0.3 is 0 Å². The van der Waals surface area contributed by atoms with Crippen LogP contribution in [0.15, 0.2) is 78.9 Å². The number of halogens is 1. The van der Waals surface area contributed by atoms with Gasteiger partial charge in [0.2, 0.25) is 0 Å². The monoisotopic (exact) mass is 360 g/mol. The third-order valence-corrected chi connectivity index (χ3v) is 4.86.